The van der Waals surface area contributed by atoms with Gasteiger partial charge in [0.05, 0.1) is 11.4 Å². The number of hydrogen-bond acceptors (Lipinski definition) is 3. The van der Waals surface area contributed by atoms with Crippen LogP contribution in [-0.2, 0) is 12.8 Å². The summed E-state index contributed by atoms with van der Waals surface area (Å²) in [6.07, 6.45) is 5.61. The highest BCUT2D eigenvalue weighted by molar-refractivity contribution is 6.09. The summed E-state index contributed by atoms with van der Waals surface area (Å²) in [6, 6.07) is 21.7. The minimum Gasteiger partial charge on any atom is -0.278 e. The maximum atomic E-state index is 5.15. The van der Waals surface area contributed by atoms with Gasteiger partial charge in [0, 0.05) is 35.2 Å². The minimum absolute atomic E-state index is 0.874. The van der Waals surface area contributed by atoms with Crippen LogP contribution in [0.5, 0.6) is 0 Å². The van der Waals surface area contributed by atoms with E-state index in [1.165, 1.54) is 39.1 Å². The fourth-order valence-electron chi connectivity index (χ4n) is 5.59. The first-order valence-corrected chi connectivity index (χ1v) is 10.6. The molecule has 0 N–H and O–H groups in total. The SMILES string of the molecule is c1ccc2c(c1)Cc1cc3c(cc1-2)-c1nc2c4ncccc4c4cccnc4n2c1C3. The lowest BCUT2D eigenvalue weighted by molar-refractivity contribution is 1.06. The predicted octanol–water partition coefficient (Wildman–Crippen LogP) is 5.57. The Bertz CT molecular complexity index is 1740. The first kappa shape index (κ1) is 15.7. The van der Waals surface area contributed by atoms with E-state index in [1.54, 1.807) is 0 Å². The van der Waals surface area contributed by atoms with Crippen molar-refractivity contribution in [2.45, 2.75) is 12.8 Å². The molecule has 0 spiro atoms. The highest BCUT2D eigenvalue weighted by Crippen LogP contribution is 2.45. The Morgan fingerprint density at radius 2 is 1.48 bits per heavy atom. The third-order valence-electron chi connectivity index (χ3n) is 6.91. The maximum absolute atomic E-state index is 5.15. The van der Waals surface area contributed by atoms with E-state index < -0.39 is 0 Å². The number of benzene rings is 2. The van der Waals surface area contributed by atoms with E-state index in [0.717, 1.165) is 46.1 Å². The van der Waals surface area contributed by atoms with Crippen LogP contribution in [-0.4, -0.2) is 19.4 Å². The summed E-state index contributed by atoms with van der Waals surface area (Å²) < 4.78 is 2.24. The zero-order chi connectivity index (χ0) is 20.1. The molecule has 4 heterocycles. The summed E-state index contributed by atoms with van der Waals surface area (Å²) in [5.41, 5.74) is 13.3. The molecule has 6 aromatic rings. The van der Waals surface area contributed by atoms with Gasteiger partial charge in [0.1, 0.15) is 11.2 Å². The number of imidazole rings is 1. The Morgan fingerprint density at radius 3 is 2.45 bits per heavy atom. The van der Waals surface area contributed by atoms with Gasteiger partial charge in [-0.15, -0.1) is 0 Å². The summed E-state index contributed by atoms with van der Waals surface area (Å²) in [7, 11) is 0. The highest BCUT2D eigenvalue weighted by atomic mass is 15.1. The number of aromatic nitrogens is 4. The topological polar surface area (TPSA) is 43.1 Å². The first-order chi connectivity index (χ1) is 15.4. The molecule has 0 aliphatic heterocycles. The van der Waals surface area contributed by atoms with Crippen LogP contribution in [0.25, 0.3) is 50.0 Å². The molecule has 0 radical (unpaired) electrons. The third kappa shape index (κ3) is 1.88. The summed E-state index contributed by atoms with van der Waals surface area (Å²) in [4.78, 5) is 14.6. The zero-order valence-electron chi connectivity index (χ0n) is 16.6. The molecule has 8 rings (SSSR count). The molecule has 2 aliphatic carbocycles. The van der Waals surface area contributed by atoms with Crippen molar-refractivity contribution in [3.63, 3.8) is 0 Å². The fourth-order valence-corrected chi connectivity index (χ4v) is 5.59. The zero-order valence-corrected chi connectivity index (χ0v) is 16.6. The normalized spacial score (nSPS) is 13.5. The molecule has 0 saturated carbocycles. The van der Waals surface area contributed by atoms with Crippen LogP contribution >= 0.6 is 0 Å². The van der Waals surface area contributed by atoms with E-state index in [0.29, 0.717) is 0 Å². The van der Waals surface area contributed by atoms with Crippen LogP contribution in [0.15, 0.2) is 73.1 Å². The van der Waals surface area contributed by atoms with Gasteiger partial charge in [0.25, 0.3) is 0 Å². The molecular formula is C27H16N4. The Kier molecular flexibility index (Phi) is 2.72. The average molecular weight is 396 g/mol. The van der Waals surface area contributed by atoms with Crippen LogP contribution in [0.2, 0.25) is 0 Å². The molecule has 0 fully saturated rings. The number of hydrogen-bond donors (Lipinski definition) is 0. The molecule has 0 unspecified atom stereocenters. The van der Waals surface area contributed by atoms with Crippen LogP contribution < -0.4 is 0 Å². The number of pyridine rings is 3. The van der Waals surface area contributed by atoms with Crippen LogP contribution in [0, 0.1) is 0 Å². The van der Waals surface area contributed by atoms with Gasteiger partial charge in [-0.25, -0.2) is 9.97 Å². The van der Waals surface area contributed by atoms with Gasteiger partial charge in [-0.2, -0.15) is 0 Å². The number of nitrogens with zero attached hydrogens (tertiary/aromatic N) is 4. The molecule has 0 atom stereocenters. The Morgan fingerprint density at radius 1 is 0.645 bits per heavy atom. The summed E-state index contributed by atoms with van der Waals surface area (Å²) in [6.45, 7) is 0. The summed E-state index contributed by atoms with van der Waals surface area (Å²) >= 11 is 0. The molecule has 2 aliphatic rings. The van der Waals surface area contributed by atoms with E-state index in [4.69, 9.17) is 15.0 Å². The molecule has 31 heavy (non-hydrogen) atoms. The molecule has 2 aromatic carbocycles. The number of fused-ring (bicyclic) bond motifs is 13. The van der Waals surface area contributed by atoms with Crippen molar-refractivity contribution in [2.24, 2.45) is 0 Å². The van der Waals surface area contributed by atoms with E-state index in [2.05, 4.69) is 52.9 Å². The van der Waals surface area contributed by atoms with Crippen molar-refractivity contribution in [1.82, 2.24) is 19.4 Å². The van der Waals surface area contributed by atoms with Crippen LogP contribution in [0.3, 0.4) is 0 Å². The van der Waals surface area contributed by atoms with E-state index in [9.17, 15) is 0 Å². The summed E-state index contributed by atoms with van der Waals surface area (Å²) in [5, 5.41) is 2.22. The predicted molar refractivity (Wildman–Crippen MR) is 122 cm³/mol. The maximum Gasteiger partial charge on any atom is 0.166 e. The van der Waals surface area contributed by atoms with Crippen LogP contribution in [0.1, 0.15) is 22.4 Å². The summed E-state index contributed by atoms with van der Waals surface area (Å²) in [5.74, 6) is 0. The largest absolute Gasteiger partial charge is 0.278 e. The van der Waals surface area contributed by atoms with Crippen molar-refractivity contribution < 1.29 is 0 Å². The third-order valence-corrected chi connectivity index (χ3v) is 6.91. The second kappa shape index (κ2) is 5.35. The second-order valence-electron chi connectivity index (χ2n) is 8.52. The molecule has 4 heteroatoms. The van der Waals surface area contributed by atoms with Gasteiger partial charge in [-0.3, -0.25) is 9.38 Å². The fraction of sp³-hybridized carbons (Fsp3) is 0.0741. The van der Waals surface area contributed by atoms with E-state index in [1.807, 2.05) is 24.5 Å². The van der Waals surface area contributed by atoms with Gasteiger partial charge in [0.2, 0.25) is 0 Å². The van der Waals surface area contributed by atoms with Crippen molar-refractivity contribution in [1.29, 1.82) is 0 Å². The smallest absolute Gasteiger partial charge is 0.166 e. The first-order valence-electron chi connectivity index (χ1n) is 10.6. The Labute approximate surface area is 177 Å². The van der Waals surface area contributed by atoms with Crippen molar-refractivity contribution in [3.05, 3.63) is 95.4 Å². The lowest BCUT2D eigenvalue weighted by Gasteiger charge is -2.09. The van der Waals surface area contributed by atoms with E-state index >= 15 is 0 Å². The molecule has 4 aromatic heterocycles. The lowest BCUT2D eigenvalue weighted by Crippen LogP contribution is -1.99. The lowest BCUT2D eigenvalue weighted by atomic mass is 9.99. The highest BCUT2D eigenvalue weighted by Gasteiger charge is 2.30. The molecular weight excluding hydrogens is 380 g/mol. The molecule has 144 valence electrons. The van der Waals surface area contributed by atoms with Crippen LogP contribution in [0.4, 0.5) is 0 Å². The average Bonchev–Trinajstić information content (AvgIpc) is 3.47. The monoisotopic (exact) mass is 396 g/mol. The van der Waals surface area contributed by atoms with Gasteiger partial charge in [-0.05, 0) is 58.5 Å². The molecule has 0 amide bonds. The quantitative estimate of drug-likeness (QED) is 0.315. The second-order valence-corrected chi connectivity index (χ2v) is 8.52. The number of rotatable bonds is 0. The van der Waals surface area contributed by atoms with Crippen molar-refractivity contribution in [2.75, 3.05) is 0 Å². The van der Waals surface area contributed by atoms with Crippen molar-refractivity contribution >= 4 is 27.6 Å². The Balaban J connectivity index is 1.48. The van der Waals surface area contributed by atoms with Gasteiger partial charge in [-0.1, -0.05) is 36.4 Å². The molecule has 4 nitrogen and oxygen atoms in total. The van der Waals surface area contributed by atoms with E-state index in [-0.39, 0.29) is 0 Å². The molecule has 0 bridgehead atoms. The minimum atomic E-state index is 0.874. The Hall–Kier alpha value is -4.05. The van der Waals surface area contributed by atoms with Gasteiger partial charge in [0.15, 0.2) is 5.65 Å². The van der Waals surface area contributed by atoms with Gasteiger partial charge < -0.3 is 0 Å². The van der Waals surface area contributed by atoms with Crippen molar-refractivity contribution in [3.8, 4) is 22.4 Å². The van der Waals surface area contributed by atoms with Gasteiger partial charge >= 0.3 is 0 Å². The standard InChI is InChI=1S/C27H16N4/c1-2-6-18-15(5-1)11-16-12-17-13-23-24(22(17)14-21(16)18)30-27-25-19(7-3-9-28-25)20-8-4-10-29-26(20)31(23)27/h1-10,12,14H,11,13H2. The molecule has 0 saturated heterocycles.